The van der Waals surface area contributed by atoms with Gasteiger partial charge in [-0.25, -0.2) is 12.8 Å². The zero-order chi connectivity index (χ0) is 22.3. The molecular formula is C22H29FN2O4S. The molecule has 0 radical (unpaired) electrons. The SMILES string of the molecule is CCC[C@@H](C)NC(=O)c1ccc(OCC)c(CN(c2ccc(F)cc2)S(C)(=O)=O)c1. The molecule has 0 aromatic heterocycles. The van der Waals surface area contributed by atoms with Crippen LogP contribution in [0.25, 0.3) is 0 Å². The lowest BCUT2D eigenvalue weighted by Gasteiger charge is -2.24. The summed E-state index contributed by atoms with van der Waals surface area (Å²) in [5, 5.41) is 2.94. The molecule has 0 spiro atoms. The number of amides is 1. The number of carbonyl (C=O) groups is 1. The lowest BCUT2D eigenvalue weighted by atomic mass is 10.1. The molecule has 30 heavy (non-hydrogen) atoms. The van der Waals surface area contributed by atoms with Crippen LogP contribution in [0, 0.1) is 5.82 Å². The zero-order valence-corrected chi connectivity index (χ0v) is 18.6. The van der Waals surface area contributed by atoms with E-state index in [-0.39, 0.29) is 18.5 Å². The molecule has 0 aliphatic carbocycles. The Labute approximate surface area is 178 Å². The Kier molecular flexibility index (Phi) is 8.23. The summed E-state index contributed by atoms with van der Waals surface area (Å²) in [6.45, 7) is 6.15. The van der Waals surface area contributed by atoms with Crippen molar-refractivity contribution in [3.8, 4) is 5.75 Å². The molecule has 2 rings (SSSR count). The van der Waals surface area contributed by atoms with Crippen LogP contribution < -0.4 is 14.4 Å². The average molecular weight is 437 g/mol. The number of hydrogen-bond donors (Lipinski definition) is 1. The summed E-state index contributed by atoms with van der Waals surface area (Å²) in [6.07, 6.45) is 2.90. The average Bonchev–Trinajstić information content (AvgIpc) is 2.67. The summed E-state index contributed by atoms with van der Waals surface area (Å²) in [7, 11) is -3.67. The first kappa shape index (κ1) is 23.7. The first-order chi connectivity index (χ1) is 14.2. The third-order valence-corrected chi connectivity index (χ3v) is 5.69. The lowest BCUT2D eigenvalue weighted by molar-refractivity contribution is 0.0938. The number of sulfonamides is 1. The number of ether oxygens (including phenoxy) is 1. The third kappa shape index (κ3) is 6.45. The van der Waals surface area contributed by atoms with Crippen LogP contribution in [0.1, 0.15) is 49.5 Å². The van der Waals surface area contributed by atoms with Crippen LogP contribution in [0.4, 0.5) is 10.1 Å². The quantitative estimate of drug-likeness (QED) is 0.608. The topological polar surface area (TPSA) is 75.7 Å². The minimum atomic E-state index is -3.67. The van der Waals surface area contributed by atoms with Gasteiger partial charge in [0, 0.05) is 17.2 Å². The van der Waals surface area contributed by atoms with Crippen LogP contribution in [-0.4, -0.2) is 33.2 Å². The van der Waals surface area contributed by atoms with E-state index in [0.717, 1.165) is 23.4 Å². The number of benzene rings is 2. The van der Waals surface area contributed by atoms with Gasteiger partial charge in [0.15, 0.2) is 0 Å². The summed E-state index contributed by atoms with van der Waals surface area (Å²) in [6, 6.07) is 10.2. The van der Waals surface area contributed by atoms with Gasteiger partial charge in [0.05, 0.1) is 25.1 Å². The number of anilines is 1. The van der Waals surface area contributed by atoms with Gasteiger partial charge in [-0.1, -0.05) is 13.3 Å². The van der Waals surface area contributed by atoms with E-state index in [4.69, 9.17) is 4.74 Å². The van der Waals surface area contributed by atoms with Crippen molar-refractivity contribution in [2.75, 3.05) is 17.2 Å². The number of rotatable bonds is 10. The molecule has 2 aromatic carbocycles. The Morgan fingerprint density at radius 3 is 2.40 bits per heavy atom. The number of halogens is 1. The van der Waals surface area contributed by atoms with E-state index in [0.29, 0.717) is 29.2 Å². The van der Waals surface area contributed by atoms with Gasteiger partial charge < -0.3 is 10.1 Å². The smallest absolute Gasteiger partial charge is 0.251 e. The second-order valence-electron chi connectivity index (χ2n) is 7.16. The highest BCUT2D eigenvalue weighted by molar-refractivity contribution is 7.92. The molecule has 8 heteroatoms. The molecule has 0 saturated carbocycles. The fourth-order valence-electron chi connectivity index (χ4n) is 3.11. The highest BCUT2D eigenvalue weighted by Gasteiger charge is 2.21. The Morgan fingerprint density at radius 2 is 1.83 bits per heavy atom. The number of nitrogens with zero attached hydrogens (tertiary/aromatic N) is 1. The van der Waals surface area contributed by atoms with E-state index < -0.39 is 15.8 Å². The van der Waals surface area contributed by atoms with Crippen molar-refractivity contribution in [3.63, 3.8) is 0 Å². The van der Waals surface area contributed by atoms with Gasteiger partial charge >= 0.3 is 0 Å². The lowest BCUT2D eigenvalue weighted by Crippen LogP contribution is -2.33. The van der Waals surface area contributed by atoms with Crippen molar-refractivity contribution in [2.45, 2.75) is 46.2 Å². The van der Waals surface area contributed by atoms with E-state index in [1.54, 1.807) is 18.2 Å². The van der Waals surface area contributed by atoms with Crippen molar-refractivity contribution >= 4 is 21.6 Å². The molecule has 0 aliphatic rings. The molecule has 0 bridgehead atoms. The normalized spacial score (nSPS) is 12.3. The van der Waals surface area contributed by atoms with Crippen molar-refractivity contribution in [1.29, 1.82) is 0 Å². The van der Waals surface area contributed by atoms with E-state index >= 15 is 0 Å². The molecule has 164 valence electrons. The second-order valence-corrected chi connectivity index (χ2v) is 9.07. The highest BCUT2D eigenvalue weighted by Crippen LogP contribution is 2.27. The van der Waals surface area contributed by atoms with Gasteiger partial charge in [0.25, 0.3) is 5.91 Å². The molecule has 0 aliphatic heterocycles. The highest BCUT2D eigenvalue weighted by atomic mass is 32.2. The first-order valence-electron chi connectivity index (χ1n) is 9.95. The van der Waals surface area contributed by atoms with Crippen molar-refractivity contribution in [3.05, 3.63) is 59.4 Å². The monoisotopic (exact) mass is 436 g/mol. The predicted octanol–water partition coefficient (Wildman–Crippen LogP) is 4.11. The van der Waals surface area contributed by atoms with Crippen molar-refractivity contribution in [1.82, 2.24) is 5.32 Å². The fraction of sp³-hybridized carbons (Fsp3) is 0.409. The van der Waals surface area contributed by atoms with E-state index in [9.17, 15) is 17.6 Å². The minimum absolute atomic E-state index is 0.0317. The van der Waals surface area contributed by atoms with Crippen LogP contribution >= 0.6 is 0 Å². The second kappa shape index (κ2) is 10.4. The maximum Gasteiger partial charge on any atom is 0.251 e. The molecule has 2 aromatic rings. The summed E-state index contributed by atoms with van der Waals surface area (Å²) in [4.78, 5) is 12.6. The van der Waals surface area contributed by atoms with Crippen LogP contribution in [0.3, 0.4) is 0 Å². The summed E-state index contributed by atoms with van der Waals surface area (Å²) in [5.41, 5.74) is 1.29. The van der Waals surface area contributed by atoms with Gasteiger partial charge in [-0.3, -0.25) is 9.10 Å². The largest absolute Gasteiger partial charge is 0.494 e. The van der Waals surface area contributed by atoms with Gasteiger partial charge in [-0.15, -0.1) is 0 Å². The van der Waals surface area contributed by atoms with Gasteiger partial charge in [0.2, 0.25) is 10.0 Å². The zero-order valence-electron chi connectivity index (χ0n) is 17.8. The van der Waals surface area contributed by atoms with E-state index in [1.807, 2.05) is 20.8 Å². The molecule has 0 heterocycles. The Bertz CT molecular complexity index is 962. The van der Waals surface area contributed by atoms with Crippen LogP contribution in [0.5, 0.6) is 5.75 Å². The first-order valence-corrected chi connectivity index (χ1v) is 11.8. The predicted molar refractivity (Wildman–Crippen MR) is 117 cm³/mol. The molecule has 1 N–H and O–H groups in total. The Morgan fingerprint density at radius 1 is 1.17 bits per heavy atom. The summed E-state index contributed by atoms with van der Waals surface area (Å²) in [5.74, 6) is -0.193. The minimum Gasteiger partial charge on any atom is -0.494 e. The van der Waals surface area contributed by atoms with Crippen LogP contribution in [0.2, 0.25) is 0 Å². The Balaban J connectivity index is 2.40. The van der Waals surface area contributed by atoms with Crippen LogP contribution in [-0.2, 0) is 16.6 Å². The summed E-state index contributed by atoms with van der Waals surface area (Å²) >= 11 is 0. The molecular weight excluding hydrogens is 407 g/mol. The molecule has 6 nitrogen and oxygen atoms in total. The summed E-state index contributed by atoms with van der Waals surface area (Å²) < 4.78 is 45.0. The molecule has 0 fully saturated rings. The standard InChI is InChI=1S/C22H29FN2O4S/c1-5-7-16(3)24-22(26)17-8-13-21(29-6-2)18(14-17)15-25(30(4,27)28)20-11-9-19(23)10-12-20/h8-14,16H,5-7,15H2,1-4H3,(H,24,26)/t16-/m1/s1. The van der Waals surface area contributed by atoms with Gasteiger partial charge in [-0.05, 0) is 62.7 Å². The van der Waals surface area contributed by atoms with Crippen molar-refractivity contribution < 1.29 is 22.3 Å². The van der Waals surface area contributed by atoms with Crippen molar-refractivity contribution in [2.24, 2.45) is 0 Å². The van der Waals surface area contributed by atoms with E-state index in [1.165, 1.54) is 24.3 Å². The molecule has 0 unspecified atom stereocenters. The third-order valence-electron chi connectivity index (χ3n) is 4.55. The fourth-order valence-corrected chi connectivity index (χ4v) is 3.99. The Hall–Kier alpha value is -2.61. The maximum absolute atomic E-state index is 13.3. The molecule has 1 amide bonds. The van der Waals surface area contributed by atoms with Gasteiger partial charge in [0.1, 0.15) is 11.6 Å². The number of carbonyl (C=O) groups excluding carboxylic acids is 1. The van der Waals surface area contributed by atoms with E-state index in [2.05, 4.69) is 5.32 Å². The number of nitrogens with one attached hydrogen (secondary N) is 1. The number of hydrogen-bond acceptors (Lipinski definition) is 4. The van der Waals surface area contributed by atoms with Gasteiger partial charge in [-0.2, -0.15) is 0 Å². The maximum atomic E-state index is 13.3. The molecule has 1 atom stereocenters. The molecule has 0 saturated heterocycles. The van der Waals surface area contributed by atoms with Crippen LogP contribution in [0.15, 0.2) is 42.5 Å².